The van der Waals surface area contributed by atoms with Crippen molar-refractivity contribution in [1.29, 1.82) is 0 Å². The van der Waals surface area contributed by atoms with Crippen LogP contribution in [0.4, 0.5) is 0 Å². The summed E-state index contributed by atoms with van der Waals surface area (Å²) in [6.07, 6.45) is 4.89. The van der Waals surface area contributed by atoms with Gasteiger partial charge < -0.3 is 4.74 Å². The number of hydrogen-bond acceptors (Lipinski definition) is 2. The lowest BCUT2D eigenvalue weighted by molar-refractivity contribution is -0.570. The highest BCUT2D eigenvalue weighted by Gasteiger charge is 2.49. The van der Waals surface area contributed by atoms with Gasteiger partial charge in [-0.15, -0.1) is 0 Å². The smallest absolute Gasteiger partial charge is 0.269 e. The van der Waals surface area contributed by atoms with Crippen molar-refractivity contribution in [3.63, 3.8) is 0 Å². The van der Waals surface area contributed by atoms with Crippen LogP contribution >= 0.6 is 0 Å². The number of ether oxygens (including phenoxy) is 1. The maximum Gasteiger partial charge on any atom is 0.269 e. The first-order chi connectivity index (χ1) is 64.5. The van der Waals surface area contributed by atoms with Gasteiger partial charge in [-0.2, -0.15) is 0 Å². The number of aromatic nitrogens is 4. The van der Waals surface area contributed by atoms with E-state index in [0.29, 0.717) is 23.5 Å². The molecular formula is C90H72N4OSi2. The highest BCUT2D eigenvalue weighted by atomic mass is 28.3. The molecule has 16 aromatic rings. The molecule has 3 heterocycles. The lowest BCUT2D eigenvalue weighted by Crippen LogP contribution is -2.80. The van der Waals surface area contributed by atoms with Crippen molar-refractivity contribution in [2.45, 2.75) is 39.9 Å². The zero-order valence-electron chi connectivity index (χ0n) is 92.4. The Morgan fingerprint density at radius 2 is 0.928 bits per heavy atom. The largest absolute Gasteiger partial charge is 0.458 e. The average Bonchev–Trinajstić information content (AvgIpc) is 0.830. The Bertz CT molecular complexity index is 7230. The summed E-state index contributed by atoms with van der Waals surface area (Å²) < 4.78 is 415. The van der Waals surface area contributed by atoms with E-state index in [9.17, 15) is 46.6 Å². The first-order valence-corrected chi connectivity index (χ1v) is 34.1. The molecule has 97 heavy (non-hydrogen) atoms. The minimum absolute atomic E-state index is 0.0768. The second-order valence-electron chi connectivity index (χ2n) is 23.4. The molecule has 466 valence electrons. The number of benzene rings is 13. The molecule has 0 spiro atoms. The van der Waals surface area contributed by atoms with E-state index in [1.165, 1.54) is 36.4 Å². The van der Waals surface area contributed by atoms with E-state index in [1.54, 1.807) is 24.4 Å². The predicted molar refractivity (Wildman–Crippen MR) is 409 cm³/mol. The van der Waals surface area contributed by atoms with Crippen LogP contribution in [0.25, 0.3) is 72.3 Å². The van der Waals surface area contributed by atoms with Gasteiger partial charge in [-0.25, -0.2) is 4.98 Å². The molecule has 0 atom stereocenters. The fraction of sp³-hybridized carbons (Fsp3) is 0.0667. The molecule has 3 aromatic heterocycles. The number of fused-ring (bicyclic) bond motifs is 4. The first-order valence-electron chi connectivity index (χ1n) is 50.6. The lowest BCUT2D eigenvalue weighted by atomic mass is 9.88. The lowest BCUT2D eigenvalue weighted by Gasteiger charge is -2.41. The number of hydrogen-bond donors (Lipinski definition) is 0. The summed E-state index contributed by atoms with van der Waals surface area (Å²) in [5.41, 5.74) is -4.76. The first kappa shape index (κ1) is 30.5. The SMILES string of the molecule is [2H]c1c([2H])c([2H])c(-c2cc([Si](c3c([2H])c([2H])c([2H])c([2H])c3[2H])(c3c([2H])c([2H])c([2H])c([2H])c3[2H])c3c([2H])c([2H])c([2H])c([2H])c3[2H])c(-[n+]3[c-]n(-c4cccc(Oc5ccc6c7ccccc7n(-c7cc(C(C)(C)C)ccn7)c6c5)c4)c4cc(-c5c(C([2H])([2H])[2H])cccc5C([2H])([2H])[2H])ccc43)c([Si](c3c([2H])c([2H])c([2H])c([2H])c3[2H])(c3c([2H])c([2H])c([2H])c([2H])c3[2H])c3c([2H])c([2H])c([2H])c([2H])c3[2H])c2)c([2H])c1[2H]. The molecule has 0 aliphatic carbocycles. The minimum Gasteiger partial charge on any atom is -0.458 e. The van der Waals surface area contributed by atoms with Crippen LogP contribution in [0.3, 0.4) is 0 Å². The molecule has 0 saturated heterocycles. The van der Waals surface area contributed by atoms with Crippen molar-refractivity contribution in [2.75, 3.05) is 0 Å². The quantitative estimate of drug-likeness (QED) is 0.0444. The van der Waals surface area contributed by atoms with E-state index in [-0.39, 0.29) is 28.2 Å². The highest BCUT2D eigenvalue weighted by molar-refractivity contribution is 7.22. The van der Waals surface area contributed by atoms with Crippen molar-refractivity contribution in [3.05, 3.63) is 368 Å². The Balaban J connectivity index is 1.27. The highest BCUT2D eigenvalue weighted by Crippen LogP contribution is 2.38. The zero-order chi connectivity index (χ0) is 101. The Hall–Kier alpha value is -11.5. The minimum atomic E-state index is -7.39. The third-order valence-corrected chi connectivity index (χ3v) is 25.4. The molecule has 0 aliphatic heterocycles. The fourth-order valence-corrected chi connectivity index (χ4v) is 20.9. The van der Waals surface area contributed by atoms with Gasteiger partial charge in [0, 0.05) is 31.3 Å². The van der Waals surface area contributed by atoms with Crippen molar-refractivity contribution in [1.82, 2.24) is 14.1 Å². The summed E-state index contributed by atoms with van der Waals surface area (Å²) in [4.78, 5) is 4.83. The molecule has 5 nitrogen and oxygen atoms in total. The Kier molecular flexibility index (Phi) is 7.86. The van der Waals surface area contributed by atoms with Gasteiger partial charge in [0.05, 0.1) is 81.4 Å². The van der Waals surface area contributed by atoms with Gasteiger partial charge in [0.25, 0.3) is 6.33 Å². The number of aryl methyl sites for hydroxylation is 2. The average molecular weight is 1320 g/mol. The molecule has 0 saturated carbocycles. The van der Waals surface area contributed by atoms with Crippen LogP contribution in [0, 0.1) is 20.0 Å². The van der Waals surface area contributed by atoms with E-state index in [4.69, 9.17) is 19.3 Å². The summed E-state index contributed by atoms with van der Waals surface area (Å²) in [5.74, 6) is 0.583. The predicted octanol–water partition coefficient (Wildman–Crippen LogP) is 16.0. The van der Waals surface area contributed by atoms with Crippen LogP contribution in [-0.2, 0) is 5.41 Å². The van der Waals surface area contributed by atoms with Crippen molar-refractivity contribution in [2.24, 2.45) is 0 Å². The number of nitrogens with zero attached hydrogens (tertiary/aromatic N) is 4. The topological polar surface area (TPSA) is 35.9 Å². The Morgan fingerprint density at radius 1 is 0.433 bits per heavy atom. The molecule has 0 aliphatic rings. The second kappa shape index (κ2) is 25.0. The molecule has 0 unspecified atom stereocenters. The van der Waals surface area contributed by atoms with E-state index in [1.807, 2.05) is 61.7 Å². The molecule has 13 aromatic carbocycles. The summed E-state index contributed by atoms with van der Waals surface area (Å²) in [7, 11) is -14.8. The van der Waals surface area contributed by atoms with Gasteiger partial charge in [0.1, 0.15) is 17.3 Å². The number of imidazole rings is 1. The molecule has 0 bridgehead atoms. The number of rotatable bonds is 15. The third-order valence-electron chi connectivity index (χ3n) is 17.0. The maximum absolute atomic E-state index is 10.6. The number of pyridine rings is 1. The van der Waals surface area contributed by atoms with Gasteiger partial charge in [0.15, 0.2) is 16.1 Å². The Morgan fingerprint density at radius 3 is 1.45 bits per heavy atom. The summed E-state index contributed by atoms with van der Waals surface area (Å²) in [6, 6.07) is -18.9. The van der Waals surface area contributed by atoms with Crippen molar-refractivity contribution >= 4 is 90.5 Å². The molecule has 7 heteroatoms. The summed E-state index contributed by atoms with van der Waals surface area (Å²) >= 11 is 0. The van der Waals surface area contributed by atoms with E-state index < -0.39 is 327 Å². The van der Waals surface area contributed by atoms with Crippen LogP contribution in [-0.4, -0.2) is 30.3 Å². The summed E-state index contributed by atoms with van der Waals surface area (Å²) in [5, 5.41) is -9.45. The monoisotopic (exact) mass is 1320 g/mol. The molecule has 0 amide bonds. The van der Waals surface area contributed by atoms with Crippen LogP contribution in [0.2, 0.25) is 0 Å². The van der Waals surface area contributed by atoms with Gasteiger partial charge in [-0.1, -0.05) is 299 Å². The molecule has 0 radical (unpaired) electrons. The van der Waals surface area contributed by atoms with Gasteiger partial charge in [-0.3, -0.25) is 13.7 Å². The van der Waals surface area contributed by atoms with E-state index >= 15 is 0 Å². The van der Waals surface area contributed by atoms with Crippen LogP contribution < -0.4 is 50.8 Å². The molecule has 0 fully saturated rings. The zero-order valence-corrected chi connectivity index (χ0v) is 53.4. The van der Waals surface area contributed by atoms with Crippen LogP contribution in [0.5, 0.6) is 11.5 Å². The molecule has 0 N–H and O–H groups in total. The van der Waals surface area contributed by atoms with Crippen molar-refractivity contribution in [3.8, 4) is 50.9 Å². The van der Waals surface area contributed by atoms with Gasteiger partial charge >= 0.3 is 0 Å². The maximum atomic E-state index is 10.6. The normalized spacial score (nSPS) is 18.2. The Labute approximate surface area is 627 Å². The van der Waals surface area contributed by atoms with E-state index in [2.05, 4.69) is 6.33 Å². The van der Waals surface area contributed by atoms with Crippen LogP contribution in [0.15, 0.2) is 345 Å². The van der Waals surface area contributed by atoms with Gasteiger partial charge in [-0.05, 0) is 154 Å². The summed E-state index contributed by atoms with van der Waals surface area (Å²) in [6.45, 7) is -0.315. The third kappa shape index (κ3) is 10.6. The van der Waals surface area contributed by atoms with Crippen molar-refractivity contribution < 1.29 is 65.5 Å². The number of para-hydroxylation sites is 1. The van der Waals surface area contributed by atoms with Gasteiger partial charge in [0.2, 0.25) is 0 Å². The standard InChI is InChI=1S/C90H72N4OSi2/c1-64-31-29-32-65(2)88(64)67-51-54-82-84(57-67)92(70-35-30-36-71(61-70)95-72-52-53-80-79-49-27-28-50-81(79)94(83(80)62-72)87-60-69(55-56-91-87)90(3,4)5)63-93(82)89-85(96(73-37-15-7-16-38-73,74-39-17-8-18-40-74)75-41-19-9-20-42-75)58-68(66-33-13-6-14-34-66)59-86(89)97(76-43-21-10-22-44-76,77-45-23-11-24-46-77)78-47-25-12-26-48-78/h6-62H,1-5H3/i1D3,2D3,6D,7D,8D,9D,10D,11D,12D,13D,14D,15D,16D,17D,18D,19D,20D,21D,22D,23D,24D,25D,26D,33D,34D,37D,38D,39D,40D,41D,42D,43D,44D,45D,46D,47D,48D. The second-order valence-corrected chi connectivity index (χ2v) is 30.5. The molecule has 16 rings (SSSR count). The fourth-order valence-electron chi connectivity index (χ4n) is 12.7. The van der Waals surface area contributed by atoms with E-state index in [0.717, 1.165) is 55.3 Å². The molecular weight excluding hydrogens is 1210 g/mol. The van der Waals surface area contributed by atoms with Crippen LogP contribution in [0.1, 0.15) is 93.7 Å².